The van der Waals surface area contributed by atoms with Crippen molar-refractivity contribution in [3.8, 4) is 17.0 Å². The van der Waals surface area contributed by atoms with Crippen LogP contribution in [-0.2, 0) is 6.54 Å². The van der Waals surface area contributed by atoms with E-state index in [9.17, 15) is 9.90 Å². The van der Waals surface area contributed by atoms with E-state index in [4.69, 9.17) is 0 Å². The molecular weight excluding hydrogens is 430 g/mol. The van der Waals surface area contributed by atoms with Crippen LogP contribution in [0.25, 0.3) is 11.3 Å². The van der Waals surface area contributed by atoms with Crippen molar-refractivity contribution in [2.24, 2.45) is 0 Å². The maximum atomic E-state index is 12.6. The predicted octanol–water partition coefficient (Wildman–Crippen LogP) is 3.25. The molecule has 4 rings (SSSR count). The van der Waals surface area contributed by atoms with Gasteiger partial charge < -0.3 is 20.6 Å². The van der Waals surface area contributed by atoms with Crippen LogP contribution in [0.3, 0.4) is 0 Å². The van der Waals surface area contributed by atoms with Gasteiger partial charge in [-0.15, -0.1) is 10.2 Å². The molecule has 1 aromatic carbocycles. The first-order valence-corrected chi connectivity index (χ1v) is 11.5. The molecule has 0 saturated carbocycles. The number of rotatable bonds is 6. The highest BCUT2D eigenvalue weighted by Crippen LogP contribution is 2.33. The number of nitrogens with zero attached hydrogens (tertiary/aromatic N) is 4. The van der Waals surface area contributed by atoms with Crippen LogP contribution >= 0.6 is 0 Å². The van der Waals surface area contributed by atoms with Crippen LogP contribution in [0, 0.1) is 0 Å². The number of benzene rings is 1. The zero-order valence-corrected chi connectivity index (χ0v) is 20.4. The smallest absolute Gasteiger partial charge is 0.251 e. The molecule has 0 spiro atoms. The van der Waals surface area contributed by atoms with E-state index in [1.54, 1.807) is 24.5 Å². The summed E-state index contributed by atoms with van der Waals surface area (Å²) in [5.74, 6) is 0.572. The second-order valence-electron chi connectivity index (χ2n) is 10.4. The Balaban J connectivity index is 1.50. The van der Waals surface area contributed by atoms with Crippen LogP contribution < -0.4 is 15.5 Å². The van der Waals surface area contributed by atoms with Crippen LogP contribution in [0.15, 0.2) is 42.7 Å². The molecule has 0 aliphatic carbocycles. The minimum Gasteiger partial charge on any atom is -0.507 e. The molecule has 180 valence electrons. The van der Waals surface area contributed by atoms with Crippen molar-refractivity contribution in [1.29, 1.82) is 0 Å². The molecule has 0 radical (unpaired) electrons. The Labute approximate surface area is 200 Å². The lowest BCUT2D eigenvalue weighted by atomic mass is 9.79. The lowest BCUT2D eigenvalue weighted by molar-refractivity contribution is 0.0951. The fraction of sp³-hybridized carbons (Fsp3) is 0.440. The highest BCUT2D eigenvalue weighted by Gasteiger charge is 2.39. The Hall–Kier alpha value is -3.46. The standard InChI is InChI=1S/C25H33N7O2/c1-24(2)11-18(12-25(3,4)31-24)32(5)22-9-7-20(29-30-22)19-10-17(6-8-21(19)33)23(34)26-13-16-14-27-28-15-16/h6-10,14-15,18,31,33H,11-13H2,1-5H3,(H,26,34)(H,27,28). The van der Waals surface area contributed by atoms with E-state index in [0.717, 1.165) is 24.2 Å². The maximum Gasteiger partial charge on any atom is 0.251 e. The highest BCUT2D eigenvalue weighted by atomic mass is 16.3. The van der Waals surface area contributed by atoms with Crippen LogP contribution in [-0.4, -0.2) is 55.6 Å². The zero-order valence-electron chi connectivity index (χ0n) is 20.4. The molecule has 4 N–H and O–H groups in total. The number of aromatic nitrogens is 4. The summed E-state index contributed by atoms with van der Waals surface area (Å²) in [5, 5.41) is 32.4. The highest BCUT2D eigenvalue weighted by molar-refractivity contribution is 5.95. The van der Waals surface area contributed by atoms with E-state index in [2.05, 4.69) is 63.6 Å². The fourth-order valence-corrected chi connectivity index (χ4v) is 4.93. The van der Waals surface area contributed by atoms with Gasteiger partial charge in [-0.3, -0.25) is 9.89 Å². The number of aromatic hydroxyl groups is 1. The lowest BCUT2D eigenvalue weighted by Crippen LogP contribution is -2.62. The molecule has 3 heterocycles. The van der Waals surface area contributed by atoms with Crippen molar-refractivity contribution in [1.82, 2.24) is 31.0 Å². The molecule has 0 unspecified atom stereocenters. The van der Waals surface area contributed by atoms with Gasteiger partial charge in [-0.2, -0.15) is 5.10 Å². The Morgan fingerprint density at radius 3 is 2.50 bits per heavy atom. The van der Waals surface area contributed by atoms with Gasteiger partial charge in [0.05, 0.1) is 11.9 Å². The number of phenols is 1. The lowest BCUT2D eigenvalue weighted by Gasteiger charge is -2.49. The summed E-state index contributed by atoms with van der Waals surface area (Å²) in [6.45, 7) is 9.27. The van der Waals surface area contributed by atoms with E-state index < -0.39 is 0 Å². The quantitative estimate of drug-likeness (QED) is 0.443. The van der Waals surface area contributed by atoms with Crippen molar-refractivity contribution in [3.05, 3.63) is 53.9 Å². The van der Waals surface area contributed by atoms with Gasteiger partial charge in [-0.25, -0.2) is 0 Å². The zero-order chi connectivity index (χ0) is 24.5. The number of hydrogen-bond acceptors (Lipinski definition) is 7. The number of anilines is 1. The van der Waals surface area contributed by atoms with Crippen LogP contribution in [0.1, 0.15) is 56.5 Å². The Bertz CT molecular complexity index is 1120. The van der Waals surface area contributed by atoms with Gasteiger partial charge in [0.2, 0.25) is 0 Å². The van der Waals surface area contributed by atoms with Gasteiger partial charge in [-0.1, -0.05) is 0 Å². The number of nitrogens with one attached hydrogen (secondary N) is 3. The number of amides is 1. The number of carbonyl (C=O) groups excluding carboxylic acids is 1. The van der Waals surface area contributed by atoms with E-state index in [1.165, 1.54) is 6.07 Å². The summed E-state index contributed by atoms with van der Waals surface area (Å²) in [6, 6.07) is 8.78. The number of hydrogen-bond donors (Lipinski definition) is 4. The summed E-state index contributed by atoms with van der Waals surface area (Å²) >= 11 is 0. The van der Waals surface area contributed by atoms with Crippen LogP contribution in [0.5, 0.6) is 5.75 Å². The van der Waals surface area contributed by atoms with E-state index >= 15 is 0 Å². The summed E-state index contributed by atoms with van der Waals surface area (Å²) in [5.41, 5.74) is 2.32. The molecule has 2 aromatic heterocycles. The molecule has 3 aromatic rings. The average molecular weight is 464 g/mol. The van der Waals surface area contributed by atoms with Gasteiger partial charge in [0.1, 0.15) is 5.75 Å². The molecule has 9 nitrogen and oxygen atoms in total. The molecule has 34 heavy (non-hydrogen) atoms. The minimum absolute atomic E-state index is 0.0263. The van der Waals surface area contributed by atoms with Crippen molar-refractivity contribution < 1.29 is 9.90 Å². The molecule has 0 bridgehead atoms. The van der Waals surface area contributed by atoms with Crippen molar-refractivity contribution >= 4 is 11.7 Å². The molecule has 1 aliphatic heterocycles. The number of aromatic amines is 1. The second-order valence-corrected chi connectivity index (χ2v) is 10.4. The number of piperidine rings is 1. The first-order valence-electron chi connectivity index (χ1n) is 11.5. The van der Waals surface area contributed by atoms with E-state index in [1.807, 2.05) is 19.2 Å². The average Bonchev–Trinajstić information content (AvgIpc) is 3.29. The topological polar surface area (TPSA) is 119 Å². The SMILES string of the molecule is CN(c1ccc(-c2cc(C(=O)NCc3cn[nH]c3)ccc2O)nn1)C1CC(C)(C)NC(C)(C)C1. The van der Waals surface area contributed by atoms with Crippen molar-refractivity contribution in [3.63, 3.8) is 0 Å². The summed E-state index contributed by atoms with van der Waals surface area (Å²) in [7, 11) is 2.05. The van der Waals surface area contributed by atoms with Crippen molar-refractivity contribution in [2.75, 3.05) is 11.9 Å². The first kappa shape index (κ1) is 23.7. The Morgan fingerprint density at radius 1 is 1.15 bits per heavy atom. The molecule has 1 aliphatic rings. The van der Waals surface area contributed by atoms with Gasteiger partial charge in [0, 0.05) is 53.6 Å². The van der Waals surface area contributed by atoms with E-state index in [0.29, 0.717) is 29.4 Å². The van der Waals surface area contributed by atoms with Gasteiger partial charge in [-0.05, 0) is 70.9 Å². The van der Waals surface area contributed by atoms with Gasteiger partial charge >= 0.3 is 0 Å². The van der Waals surface area contributed by atoms with Crippen molar-refractivity contribution in [2.45, 2.75) is 64.2 Å². The van der Waals surface area contributed by atoms with Gasteiger partial charge in [0.15, 0.2) is 5.82 Å². The van der Waals surface area contributed by atoms with Crippen LogP contribution in [0.2, 0.25) is 0 Å². The number of carbonyl (C=O) groups is 1. The third-order valence-corrected chi connectivity index (χ3v) is 6.27. The molecule has 1 saturated heterocycles. The maximum absolute atomic E-state index is 12.6. The monoisotopic (exact) mass is 463 g/mol. The fourth-order valence-electron chi connectivity index (χ4n) is 4.93. The Morgan fingerprint density at radius 2 is 1.88 bits per heavy atom. The largest absolute Gasteiger partial charge is 0.507 e. The summed E-state index contributed by atoms with van der Waals surface area (Å²) < 4.78 is 0. The predicted molar refractivity (Wildman–Crippen MR) is 132 cm³/mol. The minimum atomic E-state index is -0.247. The summed E-state index contributed by atoms with van der Waals surface area (Å²) in [4.78, 5) is 14.8. The van der Waals surface area contributed by atoms with Gasteiger partial charge in [0.25, 0.3) is 5.91 Å². The molecule has 9 heteroatoms. The summed E-state index contributed by atoms with van der Waals surface area (Å²) in [6.07, 6.45) is 5.37. The first-order chi connectivity index (χ1) is 16.0. The Kier molecular flexibility index (Phi) is 6.31. The molecule has 1 amide bonds. The van der Waals surface area contributed by atoms with E-state index in [-0.39, 0.29) is 22.7 Å². The molecule has 1 fully saturated rings. The molecule has 0 atom stereocenters. The number of phenolic OH excluding ortho intramolecular Hbond substituents is 1. The normalized spacial score (nSPS) is 17.3. The third-order valence-electron chi connectivity index (χ3n) is 6.27. The third kappa shape index (κ3) is 5.36. The molecular formula is C25H33N7O2. The van der Waals surface area contributed by atoms with Crippen LogP contribution in [0.4, 0.5) is 5.82 Å². The number of H-pyrrole nitrogens is 1. The second kappa shape index (κ2) is 9.06.